The highest BCUT2D eigenvalue weighted by molar-refractivity contribution is 7.15. The van der Waals surface area contributed by atoms with E-state index in [2.05, 4.69) is 27.9 Å². The summed E-state index contributed by atoms with van der Waals surface area (Å²) in [6.45, 7) is 0. The molecule has 4 nitrogen and oxygen atoms in total. The summed E-state index contributed by atoms with van der Waals surface area (Å²) in [4.78, 5) is 5.26. The molecule has 0 fully saturated rings. The van der Waals surface area contributed by atoms with Crippen molar-refractivity contribution >= 4 is 22.1 Å². The number of hydrogen-bond acceptors (Lipinski definition) is 4. The molecule has 3 aromatic rings. The predicted molar refractivity (Wildman–Crippen MR) is 66.3 cm³/mol. The first kappa shape index (κ1) is 9.38. The number of benzene rings is 1. The SMILES string of the molecule is NNc1cn2c(-c3ccccc3)csc2n1. The maximum absolute atomic E-state index is 5.34. The number of nitrogens with two attached hydrogens (primary N) is 1. The van der Waals surface area contributed by atoms with E-state index in [4.69, 9.17) is 5.84 Å². The van der Waals surface area contributed by atoms with Gasteiger partial charge in [0.15, 0.2) is 10.8 Å². The number of thiazole rings is 1. The molecule has 1 aromatic carbocycles. The summed E-state index contributed by atoms with van der Waals surface area (Å²) in [7, 11) is 0. The van der Waals surface area contributed by atoms with E-state index in [0.29, 0.717) is 5.82 Å². The molecule has 0 unspecified atom stereocenters. The van der Waals surface area contributed by atoms with Crippen LogP contribution < -0.4 is 11.3 Å². The van der Waals surface area contributed by atoms with Crippen LogP contribution in [-0.2, 0) is 0 Å². The van der Waals surface area contributed by atoms with Crippen molar-refractivity contribution in [1.29, 1.82) is 0 Å². The van der Waals surface area contributed by atoms with Gasteiger partial charge >= 0.3 is 0 Å². The molecule has 0 amide bonds. The highest BCUT2D eigenvalue weighted by atomic mass is 32.1. The van der Waals surface area contributed by atoms with Crippen molar-refractivity contribution in [2.24, 2.45) is 5.84 Å². The number of hydrazine groups is 1. The quantitative estimate of drug-likeness (QED) is 0.525. The van der Waals surface area contributed by atoms with E-state index in [-0.39, 0.29) is 0 Å². The van der Waals surface area contributed by atoms with E-state index >= 15 is 0 Å². The number of nitrogens with one attached hydrogen (secondary N) is 1. The molecule has 80 valence electrons. The van der Waals surface area contributed by atoms with Gasteiger partial charge in [-0.3, -0.25) is 4.40 Å². The lowest BCUT2D eigenvalue weighted by Gasteiger charge is -1.98. The Kier molecular flexibility index (Phi) is 2.12. The van der Waals surface area contributed by atoms with Gasteiger partial charge < -0.3 is 5.43 Å². The number of nitrogens with zero attached hydrogens (tertiary/aromatic N) is 2. The van der Waals surface area contributed by atoms with Crippen LogP contribution in [0.5, 0.6) is 0 Å². The number of imidazole rings is 1. The molecule has 0 atom stereocenters. The van der Waals surface area contributed by atoms with Gasteiger partial charge in [-0.2, -0.15) is 0 Å². The predicted octanol–water partition coefficient (Wildman–Crippen LogP) is 2.35. The monoisotopic (exact) mass is 230 g/mol. The second-order valence-electron chi connectivity index (χ2n) is 3.41. The fraction of sp³-hybridized carbons (Fsp3) is 0. The topological polar surface area (TPSA) is 55.3 Å². The molecule has 3 N–H and O–H groups in total. The third kappa shape index (κ3) is 1.37. The Bertz CT molecular complexity index is 611. The van der Waals surface area contributed by atoms with Crippen LogP contribution in [0.3, 0.4) is 0 Å². The van der Waals surface area contributed by atoms with Crippen molar-refractivity contribution < 1.29 is 0 Å². The number of hydrogen-bond donors (Lipinski definition) is 2. The van der Waals surface area contributed by atoms with Crippen molar-refractivity contribution in [2.75, 3.05) is 5.43 Å². The zero-order valence-corrected chi connectivity index (χ0v) is 9.24. The zero-order chi connectivity index (χ0) is 11.0. The summed E-state index contributed by atoms with van der Waals surface area (Å²) in [5.41, 5.74) is 4.87. The largest absolute Gasteiger partial charge is 0.307 e. The molecule has 2 heterocycles. The van der Waals surface area contributed by atoms with Crippen LogP contribution in [0.15, 0.2) is 41.9 Å². The van der Waals surface area contributed by atoms with Crippen LogP contribution >= 0.6 is 11.3 Å². The van der Waals surface area contributed by atoms with Crippen LogP contribution in [0.25, 0.3) is 16.2 Å². The average molecular weight is 230 g/mol. The Morgan fingerprint density at radius 3 is 2.81 bits per heavy atom. The number of rotatable bonds is 2. The van der Waals surface area contributed by atoms with E-state index in [0.717, 1.165) is 10.7 Å². The highest BCUT2D eigenvalue weighted by Gasteiger charge is 2.08. The van der Waals surface area contributed by atoms with Crippen molar-refractivity contribution in [3.05, 3.63) is 41.9 Å². The molecule has 16 heavy (non-hydrogen) atoms. The number of anilines is 1. The first-order valence-electron chi connectivity index (χ1n) is 4.87. The van der Waals surface area contributed by atoms with E-state index in [9.17, 15) is 0 Å². The van der Waals surface area contributed by atoms with Gasteiger partial charge in [-0.15, -0.1) is 11.3 Å². The van der Waals surface area contributed by atoms with Gasteiger partial charge in [0.25, 0.3) is 0 Å². The molecule has 3 rings (SSSR count). The van der Waals surface area contributed by atoms with Crippen molar-refractivity contribution in [2.45, 2.75) is 0 Å². The molecule has 0 aliphatic carbocycles. The molecular formula is C11H10N4S. The second kappa shape index (κ2) is 3.62. The molecule has 0 aliphatic rings. The maximum Gasteiger partial charge on any atom is 0.196 e. The lowest BCUT2D eigenvalue weighted by atomic mass is 10.2. The minimum atomic E-state index is 0.684. The summed E-state index contributed by atoms with van der Waals surface area (Å²) in [6, 6.07) is 10.2. The summed E-state index contributed by atoms with van der Waals surface area (Å²) < 4.78 is 2.04. The van der Waals surface area contributed by atoms with E-state index < -0.39 is 0 Å². The first-order chi connectivity index (χ1) is 7.88. The molecule has 5 heteroatoms. The molecule has 0 bridgehead atoms. The second-order valence-corrected chi connectivity index (χ2v) is 4.25. The molecular weight excluding hydrogens is 220 g/mol. The lowest BCUT2D eigenvalue weighted by molar-refractivity contribution is 1.23. The van der Waals surface area contributed by atoms with Gasteiger partial charge in [-0.1, -0.05) is 30.3 Å². The molecule has 0 radical (unpaired) electrons. The van der Waals surface area contributed by atoms with Crippen molar-refractivity contribution in [1.82, 2.24) is 9.38 Å². The minimum absolute atomic E-state index is 0.684. The molecule has 0 saturated heterocycles. The Labute approximate surface area is 96.3 Å². The third-order valence-corrected chi connectivity index (χ3v) is 3.27. The number of aromatic nitrogens is 2. The van der Waals surface area contributed by atoms with Crippen LogP contribution in [0.1, 0.15) is 0 Å². The minimum Gasteiger partial charge on any atom is -0.307 e. The van der Waals surface area contributed by atoms with E-state index in [1.165, 1.54) is 5.56 Å². The summed E-state index contributed by atoms with van der Waals surface area (Å²) in [5, 5.41) is 2.10. The normalized spacial score (nSPS) is 10.8. The standard InChI is InChI=1S/C11H10N4S/c12-14-10-6-15-9(7-16-11(15)13-10)8-4-2-1-3-5-8/h1-7,14H,12H2. The van der Waals surface area contributed by atoms with Gasteiger partial charge in [0.2, 0.25) is 0 Å². The Morgan fingerprint density at radius 1 is 1.25 bits per heavy atom. The summed E-state index contributed by atoms with van der Waals surface area (Å²) in [6.07, 6.45) is 1.90. The van der Waals surface area contributed by atoms with Crippen LogP contribution in [0.4, 0.5) is 5.82 Å². The lowest BCUT2D eigenvalue weighted by Crippen LogP contribution is -2.06. The molecule has 0 aliphatic heterocycles. The molecule has 2 aromatic heterocycles. The van der Waals surface area contributed by atoms with Gasteiger partial charge in [0, 0.05) is 5.38 Å². The van der Waals surface area contributed by atoms with Crippen LogP contribution in [-0.4, -0.2) is 9.38 Å². The van der Waals surface area contributed by atoms with Gasteiger partial charge in [-0.25, -0.2) is 10.8 Å². The van der Waals surface area contributed by atoms with E-state index in [1.807, 2.05) is 28.8 Å². The molecule has 0 spiro atoms. The molecule has 0 saturated carbocycles. The fourth-order valence-electron chi connectivity index (χ4n) is 1.67. The average Bonchev–Trinajstić information content (AvgIpc) is 2.88. The smallest absolute Gasteiger partial charge is 0.196 e. The first-order valence-corrected chi connectivity index (χ1v) is 5.75. The summed E-state index contributed by atoms with van der Waals surface area (Å²) in [5.74, 6) is 6.02. The highest BCUT2D eigenvalue weighted by Crippen LogP contribution is 2.26. The summed E-state index contributed by atoms with van der Waals surface area (Å²) >= 11 is 1.60. The zero-order valence-electron chi connectivity index (χ0n) is 8.42. The fourth-order valence-corrected chi connectivity index (χ4v) is 2.55. The number of fused-ring (bicyclic) bond motifs is 1. The van der Waals surface area contributed by atoms with Crippen LogP contribution in [0, 0.1) is 0 Å². The van der Waals surface area contributed by atoms with Gasteiger partial charge in [0.1, 0.15) is 0 Å². The Morgan fingerprint density at radius 2 is 2.06 bits per heavy atom. The van der Waals surface area contributed by atoms with Crippen molar-refractivity contribution in [3.63, 3.8) is 0 Å². The number of nitrogen functional groups attached to an aromatic ring is 1. The third-order valence-electron chi connectivity index (χ3n) is 2.43. The van der Waals surface area contributed by atoms with Crippen molar-refractivity contribution in [3.8, 4) is 11.3 Å². The van der Waals surface area contributed by atoms with Gasteiger partial charge in [-0.05, 0) is 5.56 Å². The Balaban J connectivity index is 2.20. The van der Waals surface area contributed by atoms with E-state index in [1.54, 1.807) is 11.3 Å². The van der Waals surface area contributed by atoms with Gasteiger partial charge in [0.05, 0.1) is 11.9 Å². The Hall–Kier alpha value is -1.85. The maximum atomic E-state index is 5.34. The van der Waals surface area contributed by atoms with Crippen LogP contribution in [0.2, 0.25) is 0 Å².